The van der Waals surface area contributed by atoms with Gasteiger partial charge in [0.15, 0.2) is 6.61 Å². The Morgan fingerprint density at radius 2 is 1.68 bits per heavy atom. The molecule has 0 aliphatic heterocycles. The number of fused-ring (bicyclic) bond motifs is 1. The van der Waals surface area contributed by atoms with E-state index in [0.29, 0.717) is 11.4 Å². The number of anilines is 1. The zero-order valence-electron chi connectivity index (χ0n) is 16.9. The van der Waals surface area contributed by atoms with Gasteiger partial charge in [0.1, 0.15) is 5.75 Å². The molecule has 0 aliphatic rings. The minimum Gasteiger partial charge on any atom is -0.484 e. The summed E-state index contributed by atoms with van der Waals surface area (Å²) in [5, 5.41) is 6.90. The Hall–Kier alpha value is -3.43. The molecule has 3 rings (SSSR count). The molecule has 3 aromatic rings. The standard InChI is InChI=1S/C22H23N3O5S/c1-23-22(27)15-30-19-8-4-7-18(14-19)25-21(26)11-12-24-31(28,29)20-10-9-16-5-2-3-6-17(16)13-20/h2-10,13-14,24H,11-12,15H2,1H3,(H,23,27)(H,25,26). The molecular formula is C22H23N3O5S. The van der Waals surface area contributed by atoms with E-state index in [1.165, 1.54) is 13.1 Å². The van der Waals surface area contributed by atoms with Gasteiger partial charge in [-0.15, -0.1) is 0 Å². The van der Waals surface area contributed by atoms with Gasteiger partial charge in [0.2, 0.25) is 15.9 Å². The summed E-state index contributed by atoms with van der Waals surface area (Å²) in [5.74, 6) is -0.198. The number of hydrogen-bond donors (Lipinski definition) is 3. The summed E-state index contributed by atoms with van der Waals surface area (Å²) in [4.78, 5) is 23.6. The highest BCUT2D eigenvalue weighted by atomic mass is 32.2. The Bertz CT molecular complexity index is 1190. The van der Waals surface area contributed by atoms with E-state index in [2.05, 4.69) is 15.4 Å². The first-order valence-corrected chi connectivity index (χ1v) is 11.1. The second-order valence-corrected chi connectivity index (χ2v) is 8.46. The van der Waals surface area contributed by atoms with Crippen LogP contribution in [0.3, 0.4) is 0 Å². The molecule has 0 radical (unpaired) electrons. The first-order chi connectivity index (χ1) is 14.9. The van der Waals surface area contributed by atoms with E-state index in [1.54, 1.807) is 36.4 Å². The Morgan fingerprint density at radius 3 is 2.45 bits per heavy atom. The number of ether oxygens (including phenoxy) is 1. The molecule has 31 heavy (non-hydrogen) atoms. The van der Waals surface area contributed by atoms with Crippen molar-refractivity contribution in [1.29, 1.82) is 0 Å². The van der Waals surface area contributed by atoms with Crippen LogP contribution in [0, 0.1) is 0 Å². The van der Waals surface area contributed by atoms with Crippen molar-refractivity contribution in [2.75, 3.05) is 25.5 Å². The average molecular weight is 442 g/mol. The minimum atomic E-state index is -3.73. The number of benzene rings is 3. The molecule has 0 fully saturated rings. The molecule has 0 bridgehead atoms. The van der Waals surface area contributed by atoms with Crippen molar-refractivity contribution in [1.82, 2.24) is 10.0 Å². The van der Waals surface area contributed by atoms with Crippen LogP contribution in [0.4, 0.5) is 5.69 Å². The lowest BCUT2D eigenvalue weighted by atomic mass is 10.1. The van der Waals surface area contributed by atoms with Crippen molar-refractivity contribution in [2.45, 2.75) is 11.3 Å². The zero-order chi connectivity index (χ0) is 22.3. The van der Waals surface area contributed by atoms with E-state index < -0.39 is 10.0 Å². The molecular weight excluding hydrogens is 418 g/mol. The van der Waals surface area contributed by atoms with Crippen molar-refractivity contribution in [3.8, 4) is 5.75 Å². The fraction of sp³-hybridized carbons (Fsp3) is 0.182. The van der Waals surface area contributed by atoms with Crippen LogP contribution in [0.1, 0.15) is 6.42 Å². The maximum Gasteiger partial charge on any atom is 0.257 e. The van der Waals surface area contributed by atoms with Gasteiger partial charge in [0.05, 0.1) is 4.90 Å². The Balaban J connectivity index is 1.53. The normalized spacial score (nSPS) is 11.1. The van der Waals surface area contributed by atoms with Crippen LogP contribution in [0.15, 0.2) is 71.6 Å². The molecule has 0 spiro atoms. The van der Waals surface area contributed by atoms with Gasteiger partial charge in [-0.05, 0) is 35.0 Å². The predicted molar refractivity (Wildman–Crippen MR) is 118 cm³/mol. The molecule has 0 aliphatic carbocycles. The highest BCUT2D eigenvalue weighted by molar-refractivity contribution is 7.89. The first-order valence-electron chi connectivity index (χ1n) is 9.59. The first kappa shape index (κ1) is 22.3. The molecule has 3 N–H and O–H groups in total. The van der Waals surface area contributed by atoms with Crippen molar-refractivity contribution in [3.63, 3.8) is 0 Å². The lowest BCUT2D eigenvalue weighted by molar-refractivity contribution is -0.122. The molecule has 2 amide bonds. The van der Waals surface area contributed by atoms with E-state index >= 15 is 0 Å². The number of amides is 2. The van der Waals surface area contributed by atoms with E-state index in [9.17, 15) is 18.0 Å². The topological polar surface area (TPSA) is 114 Å². The third-order valence-corrected chi connectivity index (χ3v) is 5.90. The SMILES string of the molecule is CNC(=O)COc1cccc(NC(=O)CCNS(=O)(=O)c2ccc3ccccc3c2)c1. The number of carbonyl (C=O) groups excluding carboxylic acids is 2. The van der Waals surface area contributed by atoms with Gasteiger partial charge in [0.25, 0.3) is 5.91 Å². The monoisotopic (exact) mass is 441 g/mol. The molecule has 0 unspecified atom stereocenters. The van der Waals surface area contributed by atoms with Crippen molar-refractivity contribution in [3.05, 3.63) is 66.7 Å². The molecule has 0 aromatic heterocycles. The van der Waals surface area contributed by atoms with Gasteiger partial charge in [-0.3, -0.25) is 9.59 Å². The predicted octanol–water partition coefficient (Wildman–Crippen LogP) is 2.27. The number of hydrogen-bond acceptors (Lipinski definition) is 5. The highest BCUT2D eigenvalue weighted by Gasteiger charge is 2.15. The Labute approximate surface area is 180 Å². The molecule has 0 saturated carbocycles. The molecule has 3 aromatic carbocycles. The zero-order valence-corrected chi connectivity index (χ0v) is 17.7. The van der Waals surface area contributed by atoms with Crippen LogP contribution < -0.4 is 20.1 Å². The van der Waals surface area contributed by atoms with E-state index in [0.717, 1.165) is 10.8 Å². The van der Waals surface area contributed by atoms with Gasteiger partial charge in [0, 0.05) is 31.8 Å². The third kappa shape index (κ3) is 6.27. The maximum atomic E-state index is 12.5. The van der Waals surface area contributed by atoms with Gasteiger partial charge >= 0.3 is 0 Å². The molecule has 0 heterocycles. The van der Waals surface area contributed by atoms with Gasteiger partial charge in [-0.25, -0.2) is 13.1 Å². The second kappa shape index (κ2) is 10.1. The van der Waals surface area contributed by atoms with E-state index in [4.69, 9.17) is 4.74 Å². The van der Waals surface area contributed by atoms with Crippen LogP contribution in [0.2, 0.25) is 0 Å². The molecule has 9 heteroatoms. The van der Waals surface area contributed by atoms with Crippen molar-refractivity contribution in [2.24, 2.45) is 0 Å². The second-order valence-electron chi connectivity index (χ2n) is 6.69. The molecule has 0 saturated heterocycles. The maximum absolute atomic E-state index is 12.5. The third-order valence-electron chi connectivity index (χ3n) is 4.44. The minimum absolute atomic E-state index is 0.0455. The summed E-state index contributed by atoms with van der Waals surface area (Å²) in [7, 11) is -2.22. The Kier molecular flexibility index (Phi) is 7.22. The van der Waals surface area contributed by atoms with Crippen LogP contribution in [-0.2, 0) is 19.6 Å². The largest absolute Gasteiger partial charge is 0.484 e. The summed E-state index contributed by atoms with van der Waals surface area (Å²) in [5.41, 5.74) is 0.483. The molecule has 8 nitrogen and oxygen atoms in total. The number of nitrogens with one attached hydrogen (secondary N) is 3. The number of sulfonamides is 1. The molecule has 162 valence electrons. The highest BCUT2D eigenvalue weighted by Crippen LogP contribution is 2.19. The summed E-state index contributed by atoms with van der Waals surface area (Å²) < 4.78 is 32.8. The quantitative estimate of drug-likeness (QED) is 0.471. The van der Waals surface area contributed by atoms with Crippen LogP contribution in [-0.4, -0.2) is 40.4 Å². The fourth-order valence-electron chi connectivity index (χ4n) is 2.82. The average Bonchev–Trinajstić information content (AvgIpc) is 2.77. The Morgan fingerprint density at radius 1 is 0.903 bits per heavy atom. The number of carbonyl (C=O) groups is 2. The fourth-order valence-corrected chi connectivity index (χ4v) is 3.89. The van der Waals surface area contributed by atoms with Gasteiger partial charge in [-0.2, -0.15) is 0 Å². The van der Waals surface area contributed by atoms with Gasteiger partial charge < -0.3 is 15.4 Å². The smallest absolute Gasteiger partial charge is 0.257 e. The van der Waals surface area contributed by atoms with Crippen molar-refractivity contribution >= 4 is 38.3 Å². The van der Waals surface area contributed by atoms with Crippen LogP contribution in [0.25, 0.3) is 10.8 Å². The molecule has 0 atom stereocenters. The van der Waals surface area contributed by atoms with Crippen LogP contribution in [0.5, 0.6) is 5.75 Å². The van der Waals surface area contributed by atoms with Crippen LogP contribution >= 0.6 is 0 Å². The lowest BCUT2D eigenvalue weighted by Gasteiger charge is -2.10. The van der Waals surface area contributed by atoms with E-state index in [1.807, 2.05) is 24.3 Å². The number of rotatable bonds is 9. The summed E-state index contributed by atoms with van der Waals surface area (Å²) in [6, 6.07) is 19.0. The summed E-state index contributed by atoms with van der Waals surface area (Å²) in [6.45, 7) is -0.182. The summed E-state index contributed by atoms with van der Waals surface area (Å²) in [6.07, 6.45) is -0.0455. The number of likely N-dealkylation sites (N-methyl/N-ethyl adjacent to an activating group) is 1. The lowest BCUT2D eigenvalue weighted by Crippen LogP contribution is -2.27. The summed E-state index contributed by atoms with van der Waals surface area (Å²) >= 11 is 0. The van der Waals surface area contributed by atoms with Crippen molar-refractivity contribution < 1.29 is 22.7 Å². The van der Waals surface area contributed by atoms with Gasteiger partial charge in [-0.1, -0.05) is 36.4 Å². The van der Waals surface area contributed by atoms with E-state index in [-0.39, 0.29) is 36.3 Å².